The molecule has 7 heteroatoms. The number of hydrogen-bond acceptors (Lipinski definition) is 5. The first-order valence-electron chi connectivity index (χ1n) is 5.74. The van der Waals surface area contributed by atoms with Gasteiger partial charge in [-0.05, 0) is 39.7 Å². The Morgan fingerprint density at radius 3 is 2.75 bits per heavy atom. The summed E-state index contributed by atoms with van der Waals surface area (Å²) in [5.41, 5.74) is 6.89. The lowest BCUT2D eigenvalue weighted by molar-refractivity contribution is 0.367. The molecule has 0 spiro atoms. The van der Waals surface area contributed by atoms with Crippen LogP contribution in [0.15, 0.2) is 44.7 Å². The van der Waals surface area contributed by atoms with Gasteiger partial charge < -0.3 is 10.3 Å². The van der Waals surface area contributed by atoms with Crippen LogP contribution in [0.4, 0.5) is 0 Å². The highest BCUT2D eigenvalue weighted by Crippen LogP contribution is 2.31. The third kappa shape index (κ3) is 2.64. The summed E-state index contributed by atoms with van der Waals surface area (Å²) in [5, 5.41) is 4.54. The fourth-order valence-corrected chi connectivity index (χ4v) is 3.32. The molecule has 0 amide bonds. The van der Waals surface area contributed by atoms with Crippen molar-refractivity contribution >= 4 is 38.9 Å². The molecule has 3 rings (SSSR count). The average molecular weight is 371 g/mol. The van der Waals surface area contributed by atoms with E-state index in [0.717, 1.165) is 14.2 Å². The van der Waals surface area contributed by atoms with Gasteiger partial charge in [0.05, 0.1) is 8.66 Å². The first kappa shape index (κ1) is 13.8. The molecule has 102 valence electrons. The zero-order valence-corrected chi connectivity index (χ0v) is 13.2. The minimum absolute atomic E-state index is 0.345. The van der Waals surface area contributed by atoms with E-state index in [4.69, 9.17) is 21.9 Å². The Kier molecular flexibility index (Phi) is 3.89. The largest absolute Gasteiger partial charge is 0.337 e. The second kappa shape index (κ2) is 5.65. The molecule has 4 nitrogen and oxygen atoms in total. The molecule has 2 N–H and O–H groups in total. The zero-order chi connectivity index (χ0) is 14.1. The third-order valence-corrected chi connectivity index (χ3v) is 4.71. The smallest absolute Gasteiger partial charge is 0.248 e. The first-order chi connectivity index (χ1) is 9.65. The van der Waals surface area contributed by atoms with Gasteiger partial charge in [0.25, 0.3) is 0 Å². The summed E-state index contributed by atoms with van der Waals surface area (Å²) in [7, 11) is 0. The summed E-state index contributed by atoms with van der Waals surface area (Å²) in [6.45, 7) is 0. The van der Waals surface area contributed by atoms with Gasteiger partial charge >= 0.3 is 0 Å². The number of hydrogen-bond donors (Lipinski definition) is 1. The Labute approximate surface area is 132 Å². The first-order valence-corrected chi connectivity index (χ1v) is 7.73. The van der Waals surface area contributed by atoms with Gasteiger partial charge in [-0.1, -0.05) is 35.0 Å². The zero-order valence-electron chi connectivity index (χ0n) is 10.1. The van der Waals surface area contributed by atoms with Crippen LogP contribution >= 0.6 is 38.9 Å². The van der Waals surface area contributed by atoms with Crippen LogP contribution in [0.1, 0.15) is 17.5 Å². The van der Waals surface area contributed by atoms with Crippen LogP contribution in [0.25, 0.3) is 10.7 Å². The van der Waals surface area contributed by atoms with Crippen molar-refractivity contribution < 1.29 is 4.52 Å². The highest BCUT2D eigenvalue weighted by Gasteiger charge is 2.20. The molecular formula is C13H9BrClN3OS. The molecule has 3 aromatic rings. The second-order valence-corrected chi connectivity index (χ2v) is 6.93. The minimum atomic E-state index is -0.534. The molecule has 0 aliphatic carbocycles. The molecule has 0 unspecified atom stereocenters. The predicted octanol–water partition coefficient (Wildman–Crippen LogP) is 4.26. The van der Waals surface area contributed by atoms with Crippen molar-refractivity contribution in [3.8, 4) is 10.7 Å². The van der Waals surface area contributed by atoms with Crippen molar-refractivity contribution in [2.24, 2.45) is 5.73 Å². The Balaban J connectivity index is 1.92. The molecule has 0 bridgehead atoms. The van der Waals surface area contributed by atoms with E-state index < -0.39 is 6.04 Å². The molecule has 1 aromatic carbocycles. The molecule has 2 heterocycles. The highest BCUT2D eigenvalue weighted by molar-refractivity contribution is 9.11. The number of aromatic nitrogens is 2. The number of nitrogens with two attached hydrogens (primary N) is 1. The van der Waals surface area contributed by atoms with Gasteiger partial charge in [0.1, 0.15) is 6.04 Å². The molecule has 2 aromatic heterocycles. The monoisotopic (exact) mass is 369 g/mol. The van der Waals surface area contributed by atoms with Gasteiger partial charge in [0, 0.05) is 5.02 Å². The van der Waals surface area contributed by atoms with E-state index in [1.807, 2.05) is 30.3 Å². The topological polar surface area (TPSA) is 64.9 Å². The number of rotatable bonds is 3. The summed E-state index contributed by atoms with van der Waals surface area (Å²) in [6.07, 6.45) is 0. The maximum atomic E-state index is 6.13. The Morgan fingerprint density at radius 1 is 1.25 bits per heavy atom. The van der Waals surface area contributed by atoms with Crippen molar-refractivity contribution in [3.63, 3.8) is 0 Å². The molecule has 20 heavy (non-hydrogen) atoms. The molecule has 0 aliphatic rings. The number of thiophene rings is 1. The summed E-state index contributed by atoms with van der Waals surface area (Å²) in [5.74, 6) is 0.871. The second-order valence-electron chi connectivity index (χ2n) is 4.06. The van der Waals surface area contributed by atoms with Crippen LogP contribution in [0.3, 0.4) is 0 Å². The van der Waals surface area contributed by atoms with E-state index in [1.54, 1.807) is 6.07 Å². The lowest BCUT2D eigenvalue weighted by Crippen LogP contribution is -2.12. The summed E-state index contributed by atoms with van der Waals surface area (Å²) in [6, 6.07) is 10.7. The van der Waals surface area contributed by atoms with Gasteiger partial charge in [-0.3, -0.25) is 0 Å². The Bertz CT molecular complexity index is 743. The van der Waals surface area contributed by atoms with Crippen LogP contribution in [0.5, 0.6) is 0 Å². The van der Waals surface area contributed by atoms with Gasteiger partial charge in [-0.15, -0.1) is 11.3 Å². The van der Waals surface area contributed by atoms with Crippen LogP contribution in [0, 0.1) is 0 Å². The van der Waals surface area contributed by atoms with E-state index >= 15 is 0 Å². The number of halogens is 2. The SMILES string of the molecule is N[C@@H](c1nc(-c2ccc(Br)s2)no1)c1ccccc1Cl. The van der Waals surface area contributed by atoms with Gasteiger partial charge in [-0.25, -0.2) is 0 Å². The van der Waals surface area contributed by atoms with Gasteiger partial charge in [0.2, 0.25) is 11.7 Å². The van der Waals surface area contributed by atoms with Crippen molar-refractivity contribution in [1.82, 2.24) is 10.1 Å². The highest BCUT2D eigenvalue weighted by atomic mass is 79.9. The quantitative estimate of drug-likeness (QED) is 0.748. The molecule has 0 saturated heterocycles. The summed E-state index contributed by atoms with van der Waals surface area (Å²) < 4.78 is 6.25. The number of benzene rings is 1. The van der Waals surface area contributed by atoms with Crippen LogP contribution in [0.2, 0.25) is 5.02 Å². The lowest BCUT2D eigenvalue weighted by Gasteiger charge is -2.08. The normalized spacial score (nSPS) is 12.6. The van der Waals surface area contributed by atoms with Crippen molar-refractivity contribution in [1.29, 1.82) is 0 Å². The lowest BCUT2D eigenvalue weighted by atomic mass is 10.1. The molecule has 0 fully saturated rings. The molecular weight excluding hydrogens is 362 g/mol. The Hall–Kier alpha value is -1.21. The molecule has 0 aliphatic heterocycles. The maximum Gasteiger partial charge on any atom is 0.248 e. The van der Waals surface area contributed by atoms with E-state index in [-0.39, 0.29) is 0 Å². The van der Waals surface area contributed by atoms with Crippen molar-refractivity contribution in [2.75, 3.05) is 0 Å². The molecule has 0 saturated carbocycles. The standard InChI is InChI=1S/C13H9BrClN3OS/c14-10-6-5-9(20-10)12-17-13(19-18-12)11(16)7-3-1-2-4-8(7)15/h1-6,11H,16H2/t11-/m1/s1. The maximum absolute atomic E-state index is 6.13. The molecule has 0 radical (unpaired) electrons. The average Bonchev–Trinajstić information content (AvgIpc) is 3.07. The van der Waals surface area contributed by atoms with Crippen LogP contribution in [-0.2, 0) is 0 Å². The summed E-state index contributed by atoms with van der Waals surface area (Å²) in [4.78, 5) is 5.25. The van der Waals surface area contributed by atoms with Gasteiger partial charge in [-0.2, -0.15) is 4.98 Å². The Morgan fingerprint density at radius 2 is 2.05 bits per heavy atom. The van der Waals surface area contributed by atoms with Crippen molar-refractivity contribution in [2.45, 2.75) is 6.04 Å². The third-order valence-electron chi connectivity index (χ3n) is 2.74. The van der Waals surface area contributed by atoms with E-state index in [9.17, 15) is 0 Å². The van der Waals surface area contributed by atoms with Gasteiger partial charge in [0.15, 0.2) is 0 Å². The number of nitrogens with zero attached hydrogens (tertiary/aromatic N) is 2. The van der Waals surface area contributed by atoms with Crippen molar-refractivity contribution in [3.05, 3.63) is 56.7 Å². The van der Waals surface area contributed by atoms with E-state index in [0.29, 0.717) is 16.7 Å². The fraction of sp³-hybridized carbons (Fsp3) is 0.0769. The fourth-order valence-electron chi connectivity index (χ4n) is 1.76. The molecule has 1 atom stereocenters. The predicted molar refractivity (Wildman–Crippen MR) is 82.8 cm³/mol. The minimum Gasteiger partial charge on any atom is -0.337 e. The van der Waals surface area contributed by atoms with Crippen LogP contribution in [-0.4, -0.2) is 10.1 Å². The van der Waals surface area contributed by atoms with Crippen LogP contribution < -0.4 is 5.73 Å². The van der Waals surface area contributed by atoms with E-state index in [2.05, 4.69) is 26.1 Å². The van der Waals surface area contributed by atoms with E-state index in [1.165, 1.54) is 11.3 Å². The summed E-state index contributed by atoms with van der Waals surface area (Å²) >= 11 is 11.1.